The smallest absolute Gasteiger partial charge is 0.256 e. The first kappa shape index (κ1) is 18.1. The van der Waals surface area contributed by atoms with Gasteiger partial charge in [0.05, 0.1) is 17.3 Å². The fourth-order valence-corrected chi connectivity index (χ4v) is 3.36. The number of carbonyl (C=O) groups excluding carboxylic acids is 1. The Morgan fingerprint density at radius 1 is 0.857 bits per heavy atom. The largest absolute Gasteiger partial charge is 0.309 e. The van der Waals surface area contributed by atoms with Crippen LogP contribution in [0.15, 0.2) is 88.8 Å². The standard InChI is InChI=1S/C23H18ClN3O/c1-15-21(16-11-13-18(24)14-12-16)22(26-20-10-6-5-9-19(20)25-15)27-23(28)17-7-3-2-4-8-17/h2-14,21H,1H3,(H,26,27,28)/t21-/m0/s1. The zero-order valence-corrected chi connectivity index (χ0v) is 16.0. The van der Waals surface area contributed by atoms with Gasteiger partial charge >= 0.3 is 0 Å². The van der Waals surface area contributed by atoms with Crippen LogP contribution < -0.4 is 5.32 Å². The first-order valence-electron chi connectivity index (χ1n) is 8.96. The van der Waals surface area contributed by atoms with E-state index in [2.05, 4.69) is 5.32 Å². The molecule has 0 bridgehead atoms. The number of benzene rings is 3. The number of hydrogen-bond donors (Lipinski definition) is 1. The van der Waals surface area contributed by atoms with Crippen molar-refractivity contribution >= 4 is 40.4 Å². The summed E-state index contributed by atoms with van der Waals surface area (Å²) in [5.41, 5.74) is 3.89. The molecule has 0 aromatic heterocycles. The summed E-state index contributed by atoms with van der Waals surface area (Å²) in [6, 6.07) is 24.3. The lowest BCUT2D eigenvalue weighted by Crippen LogP contribution is -2.37. The van der Waals surface area contributed by atoms with E-state index in [1.165, 1.54) is 0 Å². The number of aliphatic imine (C=N–C) groups is 2. The highest BCUT2D eigenvalue weighted by atomic mass is 35.5. The SMILES string of the molecule is CC1=Nc2ccccc2N=C(NC(=O)c2ccccc2)[C@@H]1c1ccc(Cl)cc1. The highest BCUT2D eigenvalue weighted by molar-refractivity contribution is 6.30. The van der Waals surface area contributed by atoms with Crippen LogP contribution in [-0.4, -0.2) is 17.5 Å². The van der Waals surface area contributed by atoms with Gasteiger partial charge in [-0.2, -0.15) is 0 Å². The molecule has 28 heavy (non-hydrogen) atoms. The van der Waals surface area contributed by atoms with Crippen LogP contribution in [0.4, 0.5) is 11.4 Å². The molecule has 1 aliphatic heterocycles. The lowest BCUT2D eigenvalue weighted by atomic mass is 9.93. The van der Waals surface area contributed by atoms with Gasteiger partial charge in [-0.3, -0.25) is 9.79 Å². The van der Waals surface area contributed by atoms with E-state index < -0.39 is 0 Å². The molecule has 0 unspecified atom stereocenters. The zero-order valence-electron chi connectivity index (χ0n) is 15.3. The van der Waals surface area contributed by atoms with Crippen molar-refractivity contribution in [2.24, 2.45) is 9.98 Å². The summed E-state index contributed by atoms with van der Waals surface area (Å²) in [5, 5.41) is 3.66. The molecule has 0 spiro atoms. The van der Waals surface area contributed by atoms with Crippen LogP contribution in [0.3, 0.4) is 0 Å². The maximum atomic E-state index is 12.8. The van der Waals surface area contributed by atoms with Gasteiger partial charge in [-0.15, -0.1) is 0 Å². The molecule has 3 aromatic carbocycles. The Labute approximate surface area is 168 Å². The van der Waals surface area contributed by atoms with Crippen LogP contribution in [0.2, 0.25) is 5.02 Å². The fraction of sp³-hybridized carbons (Fsp3) is 0.0870. The van der Waals surface area contributed by atoms with Gasteiger partial charge in [0, 0.05) is 16.3 Å². The third kappa shape index (κ3) is 3.73. The molecule has 0 fully saturated rings. The van der Waals surface area contributed by atoms with Crippen LogP contribution in [-0.2, 0) is 0 Å². The molecular formula is C23H18ClN3O. The topological polar surface area (TPSA) is 53.8 Å². The van der Waals surface area contributed by atoms with Crippen molar-refractivity contribution in [2.75, 3.05) is 0 Å². The van der Waals surface area contributed by atoms with Crippen LogP contribution in [0.25, 0.3) is 0 Å². The van der Waals surface area contributed by atoms with Crippen LogP contribution in [0.5, 0.6) is 0 Å². The van der Waals surface area contributed by atoms with Gasteiger partial charge in [0.15, 0.2) is 0 Å². The van der Waals surface area contributed by atoms with Gasteiger partial charge < -0.3 is 5.32 Å². The zero-order chi connectivity index (χ0) is 19.5. The minimum absolute atomic E-state index is 0.203. The van der Waals surface area contributed by atoms with Crippen molar-refractivity contribution < 1.29 is 4.79 Å². The molecule has 1 N–H and O–H groups in total. The number of amides is 1. The van der Waals surface area contributed by atoms with Crippen molar-refractivity contribution in [1.82, 2.24) is 5.32 Å². The molecule has 0 radical (unpaired) electrons. The summed E-state index contributed by atoms with van der Waals surface area (Å²) in [6.07, 6.45) is 0. The number of halogens is 1. The number of nitrogens with one attached hydrogen (secondary N) is 1. The van der Waals surface area contributed by atoms with Crippen LogP contribution in [0, 0.1) is 0 Å². The van der Waals surface area contributed by atoms with Crippen molar-refractivity contribution in [1.29, 1.82) is 0 Å². The van der Waals surface area contributed by atoms with Gasteiger partial charge in [0.1, 0.15) is 5.84 Å². The second-order valence-electron chi connectivity index (χ2n) is 6.54. The molecule has 138 valence electrons. The number of carbonyl (C=O) groups is 1. The van der Waals surface area contributed by atoms with Gasteiger partial charge in [-0.05, 0) is 48.9 Å². The maximum absolute atomic E-state index is 12.8. The summed E-state index contributed by atoms with van der Waals surface area (Å²) in [6.45, 7) is 1.95. The average Bonchev–Trinajstić information content (AvgIpc) is 2.85. The predicted molar refractivity (Wildman–Crippen MR) is 114 cm³/mol. The Kier molecular flexibility index (Phi) is 5.04. The molecule has 1 atom stereocenters. The monoisotopic (exact) mass is 387 g/mol. The summed E-state index contributed by atoms with van der Waals surface area (Å²) < 4.78 is 0. The van der Waals surface area contributed by atoms with E-state index in [4.69, 9.17) is 21.6 Å². The second-order valence-corrected chi connectivity index (χ2v) is 6.98. The summed E-state index contributed by atoms with van der Waals surface area (Å²) in [5.74, 6) is 0.0604. The Hall–Kier alpha value is -3.24. The van der Waals surface area contributed by atoms with E-state index in [-0.39, 0.29) is 11.8 Å². The van der Waals surface area contributed by atoms with Crippen molar-refractivity contribution in [3.63, 3.8) is 0 Å². The first-order chi connectivity index (χ1) is 13.6. The van der Waals surface area contributed by atoms with Gasteiger partial charge in [-0.1, -0.05) is 54.1 Å². The molecule has 0 saturated heterocycles. The molecule has 0 aliphatic carbocycles. The molecule has 0 saturated carbocycles. The normalized spacial score (nSPS) is 15.7. The highest BCUT2D eigenvalue weighted by Crippen LogP contribution is 2.34. The minimum Gasteiger partial charge on any atom is -0.309 e. The molecule has 4 nitrogen and oxygen atoms in total. The Balaban J connectivity index is 1.80. The van der Waals surface area contributed by atoms with E-state index in [1.54, 1.807) is 12.1 Å². The summed E-state index contributed by atoms with van der Waals surface area (Å²) >= 11 is 6.06. The average molecular weight is 388 g/mol. The highest BCUT2D eigenvalue weighted by Gasteiger charge is 2.26. The van der Waals surface area contributed by atoms with Crippen molar-refractivity contribution in [3.05, 3.63) is 95.0 Å². The Bertz CT molecular complexity index is 1070. The maximum Gasteiger partial charge on any atom is 0.256 e. The van der Waals surface area contributed by atoms with Crippen LogP contribution in [0.1, 0.15) is 28.8 Å². The van der Waals surface area contributed by atoms with E-state index in [1.807, 2.05) is 73.7 Å². The minimum atomic E-state index is -0.280. The van der Waals surface area contributed by atoms with E-state index >= 15 is 0 Å². The molecule has 4 rings (SSSR count). The lowest BCUT2D eigenvalue weighted by molar-refractivity contribution is 0.0976. The van der Waals surface area contributed by atoms with Gasteiger partial charge in [0.25, 0.3) is 5.91 Å². The van der Waals surface area contributed by atoms with Gasteiger partial charge in [0.2, 0.25) is 0 Å². The number of hydrogen-bond acceptors (Lipinski definition) is 3. The predicted octanol–water partition coefficient (Wildman–Crippen LogP) is 5.69. The summed E-state index contributed by atoms with van der Waals surface area (Å²) in [7, 11) is 0. The molecule has 5 heteroatoms. The molecule has 1 aliphatic rings. The quantitative estimate of drug-likeness (QED) is 0.603. The number of rotatable bonds is 2. The summed E-state index contributed by atoms with van der Waals surface area (Å²) in [4.78, 5) is 22.4. The first-order valence-corrected chi connectivity index (χ1v) is 9.34. The number of nitrogens with zero attached hydrogens (tertiary/aromatic N) is 2. The number of para-hydroxylation sites is 2. The Morgan fingerprint density at radius 2 is 1.46 bits per heavy atom. The molecule has 1 heterocycles. The third-order valence-electron chi connectivity index (χ3n) is 4.59. The van der Waals surface area contributed by atoms with Gasteiger partial charge in [-0.25, -0.2) is 4.99 Å². The lowest BCUT2D eigenvalue weighted by Gasteiger charge is -2.19. The second kappa shape index (κ2) is 7.79. The number of amidine groups is 1. The number of fused-ring (bicyclic) bond motifs is 1. The molecular weight excluding hydrogens is 370 g/mol. The van der Waals surface area contributed by atoms with E-state index in [0.29, 0.717) is 16.4 Å². The molecule has 1 amide bonds. The Morgan fingerprint density at radius 3 is 2.14 bits per heavy atom. The van der Waals surface area contributed by atoms with Crippen molar-refractivity contribution in [2.45, 2.75) is 12.8 Å². The third-order valence-corrected chi connectivity index (χ3v) is 4.84. The van der Waals surface area contributed by atoms with Crippen molar-refractivity contribution in [3.8, 4) is 0 Å². The van der Waals surface area contributed by atoms with Crippen LogP contribution >= 0.6 is 11.6 Å². The van der Waals surface area contributed by atoms with E-state index in [9.17, 15) is 4.79 Å². The molecule has 3 aromatic rings. The van der Waals surface area contributed by atoms with E-state index in [0.717, 1.165) is 22.6 Å². The fourth-order valence-electron chi connectivity index (χ4n) is 3.23.